The van der Waals surface area contributed by atoms with Crippen molar-refractivity contribution in [2.75, 3.05) is 6.54 Å². The van der Waals surface area contributed by atoms with E-state index in [2.05, 4.69) is 37.0 Å². The number of hydrogen-bond acceptors (Lipinski definition) is 3. The maximum Gasteiger partial charge on any atom is 0.276 e. The zero-order valence-electron chi connectivity index (χ0n) is 16.0. The van der Waals surface area contributed by atoms with Crippen molar-refractivity contribution in [2.45, 2.75) is 39.7 Å². The lowest BCUT2D eigenvalue weighted by atomic mass is 9.99. The molecule has 1 atom stereocenters. The SMILES string of the molecule is Cc1ccc(C2CCCN2C(=O)c2nc(-c3ccccc3)oc2C)cc1C. The van der Waals surface area contributed by atoms with Gasteiger partial charge in [0, 0.05) is 12.1 Å². The minimum Gasteiger partial charge on any atom is -0.441 e. The summed E-state index contributed by atoms with van der Waals surface area (Å²) in [5.41, 5.74) is 5.04. The molecule has 0 spiro atoms. The lowest BCUT2D eigenvalue weighted by molar-refractivity contribution is 0.0728. The molecule has 2 heterocycles. The zero-order valence-corrected chi connectivity index (χ0v) is 16.0. The predicted octanol–water partition coefficient (Wildman–Crippen LogP) is 5.24. The molecule has 138 valence electrons. The molecule has 27 heavy (non-hydrogen) atoms. The molecule has 0 radical (unpaired) electrons. The van der Waals surface area contributed by atoms with Gasteiger partial charge < -0.3 is 9.32 Å². The summed E-state index contributed by atoms with van der Waals surface area (Å²) in [6.07, 6.45) is 1.99. The third-order valence-electron chi connectivity index (χ3n) is 5.45. The van der Waals surface area contributed by atoms with E-state index in [1.165, 1.54) is 16.7 Å². The monoisotopic (exact) mass is 360 g/mol. The molecule has 1 fully saturated rings. The second-order valence-corrected chi connectivity index (χ2v) is 7.29. The Morgan fingerprint density at radius 1 is 1.07 bits per heavy atom. The fraction of sp³-hybridized carbons (Fsp3) is 0.304. The maximum atomic E-state index is 13.3. The summed E-state index contributed by atoms with van der Waals surface area (Å²) in [6.45, 7) is 6.80. The minimum atomic E-state index is -0.0424. The normalized spacial score (nSPS) is 16.7. The molecule has 2 aromatic carbocycles. The van der Waals surface area contributed by atoms with E-state index in [9.17, 15) is 4.79 Å². The largest absolute Gasteiger partial charge is 0.441 e. The van der Waals surface area contributed by atoms with E-state index in [0.717, 1.165) is 24.9 Å². The Hall–Kier alpha value is -2.88. The van der Waals surface area contributed by atoms with Gasteiger partial charge in [-0.1, -0.05) is 36.4 Å². The van der Waals surface area contributed by atoms with E-state index < -0.39 is 0 Å². The van der Waals surface area contributed by atoms with Crippen LogP contribution in [0.3, 0.4) is 0 Å². The van der Waals surface area contributed by atoms with E-state index >= 15 is 0 Å². The summed E-state index contributed by atoms with van der Waals surface area (Å²) in [5, 5.41) is 0. The Bertz CT molecular complexity index is 975. The highest BCUT2D eigenvalue weighted by molar-refractivity contribution is 5.94. The molecule has 1 amide bonds. The molecule has 0 N–H and O–H groups in total. The number of aryl methyl sites for hydroxylation is 3. The maximum absolute atomic E-state index is 13.3. The van der Waals surface area contributed by atoms with Crippen molar-refractivity contribution in [3.8, 4) is 11.5 Å². The number of amides is 1. The molecule has 0 bridgehead atoms. The van der Waals surface area contributed by atoms with Gasteiger partial charge >= 0.3 is 0 Å². The first-order valence-corrected chi connectivity index (χ1v) is 9.45. The molecule has 4 rings (SSSR count). The van der Waals surface area contributed by atoms with E-state index in [0.29, 0.717) is 17.3 Å². The van der Waals surface area contributed by atoms with Crippen LogP contribution >= 0.6 is 0 Å². The van der Waals surface area contributed by atoms with Crippen molar-refractivity contribution in [3.05, 3.63) is 76.7 Å². The van der Waals surface area contributed by atoms with Gasteiger partial charge in [0.05, 0.1) is 6.04 Å². The number of nitrogens with zero attached hydrogens (tertiary/aromatic N) is 2. The van der Waals surface area contributed by atoms with Crippen molar-refractivity contribution in [1.82, 2.24) is 9.88 Å². The van der Waals surface area contributed by atoms with Gasteiger partial charge in [-0.25, -0.2) is 4.98 Å². The van der Waals surface area contributed by atoms with Crippen molar-refractivity contribution >= 4 is 5.91 Å². The Balaban J connectivity index is 1.64. The number of benzene rings is 2. The molecule has 3 aromatic rings. The molecule has 1 aliphatic heterocycles. The summed E-state index contributed by atoms with van der Waals surface area (Å²) in [4.78, 5) is 19.7. The van der Waals surface area contributed by atoms with Gasteiger partial charge in [-0.3, -0.25) is 4.79 Å². The van der Waals surface area contributed by atoms with Crippen LogP contribution in [0.1, 0.15) is 51.8 Å². The number of likely N-dealkylation sites (tertiary alicyclic amines) is 1. The molecule has 4 nitrogen and oxygen atoms in total. The first kappa shape index (κ1) is 17.5. The van der Waals surface area contributed by atoms with Crippen molar-refractivity contribution in [1.29, 1.82) is 0 Å². The van der Waals surface area contributed by atoms with Gasteiger partial charge in [-0.2, -0.15) is 0 Å². The van der Waals surface area contributed by atoms with Gasteiger partial charge in [0.1, 0.15) is 5.76 Å². The van der Waals surface area contributed by atoms with Gasteiger partial charge in [-0.05, 0) is 62.4 Å². The molecule has 0 aliphatic carbocycles. The van der Waals surface area contributed by atoms with Crippen LogP contribution in [0, 0.1) is 20.8 Å². The third kappa shape index (κ3) is 3.27. The highest BCUT2D eigenvalue weighted by Crippen LogP contribution is 2.34. The average Bonchev–Trinajstić information content (AvgIpc) is 3.31. The fourth-order valence-electron chi connectivity index (χ4n) is 3.76. The van der Waals surface area contributed by atoms with Crippen LogP contribution < -0.4 is 0 Å². The van der Waals surface area contributed by atoms with Gasteiger partial charge in [0.15, 0.2) is 5.69 Å². The molecule has 1 unspecified atom stereocenters. The molecule has 0 saturated carbocycles. The second-order valence-electron chi connectivity index (χ2n) is 7.29. The fourth-order valence-corrected chi connectivity index (χ4v) is 3.76. The van der Waals surface area contributed by atoms with Crippen LogP contribution in [0.15, 0.2) is 52.9 Å². The quantitative estimate of drug-likeness (QED) is 0.641. The smallest absolute Gasteiger partial charge is 0.276 e. The Morgan fingerprint density at radius 2 is 1.85 bits per heavy atom. The van der Waals surface area contributed by atoms with Gasteiger partial charge in [-0.15, -0.1) is 0 Å². The summed E-state index contributed by atoms with van der Waals surface area (Å²) in [5.74, 6) is 1.03. The lowest BCUT2D eigenvalue weighted by Crippen LogP contribution is -2.31. The number of hydrogen-bond donors (Lipinski definition) is 0. The Labute approximate surface area is 159 Å². The minimum absolute atomic E-state index is 0.0424. The number of carbonyl (C=O) groups excluding carboxylic acids is 1. The van der Waals surface area contributed by atoms with Crippen molar-refractivity contribution in [3.63, 3.8) is 0 Å². The van der Waals surface area contributed by atoms with Gasteiger partial charge in [0.2, 0.25) is 5.89 Å². The number of aromatic nitrogens is 1. The zero-order chi connectivity index (χ0) is 19.0. The molecule has 4 heteroatoms. The second kappa shape index (κ2) is 7.03. The van der Waals surface area contributed by atoms with E-state index in [-0.39, 0.29) is 11.9 Å². The van der Waals surface area contributed by atoms with Gasteiger partial charge in [0.25, 0.3) is 5.91 Å². The molecule has 1 aromatic heterocycles. The Morgan fingerprint density at radius 3 is 2.59 bits per heavy atom. The third-order valence-corrected chi connectivity index (χ3v) is 5.45. The molecule has 1 aliphatic rings. The predicted molar refractivity (Wildman–Crippen MR) is 106 cm³/mol. The summed E-state index contributed by atoms with van der Waals surface area (Å²) in [7, 11) is 0. The summed E-state index contributed by atoms with van der Waals surface area (Å²) >= 11 is 0. The average molecular weight is 360 g/mol. The van der Waals surface area contributed by atoms with Crippen LogP contribution in [-0.2, 0) is 0 Å². The first-order valence-electron chi connectivity index (χ1n) is 9.45. The highest BCUT2D eigenvalue weighted by atomic mass is 16.4. The van der Waals surface area contributed by atoms with Crippen LogP contribution in [-0.4, -0.2) is 22.3 Å². The number of rotatable bonds is 3. The summed E-state index contributed by atoms with van der Waals surface area (Å²) in [6, 6.07) is 16.3. The van der Waals surface area contributed by atoms with Crippen LogP contribution in [0.2, 0.25) is 0 Å². The molecule has 1 saturated heterocycles. The number of oxazole rings is 1. The first-order chi connectivity index (χ1) is 13.0. The van der Waals surface area contributed by atoms with E-state index in [4.69, 9.17) is 4.42 Å². The van der Waals surface area contributed by atoms with E-state index in [1.807, 2.05) is 42.2 Å². The molecular formula is C23H24N2O2. The van der Waals surface area contributed by atoms with Crippen LogP contribution in [0.4, 0.5) is 0 Å². The number of carbonyl (C=O) groups is 1. The Kier molecular flexibility index (Phi) is 4.56. The van der Waals surface area contributed by atoms with E-state index in [1.54, 1.807) is 0 Å². The standard InChI is InChI=1S/C23H24N2O2/c1-15-11-12-19(14-16(15)2)20-10-7-13-25(20)23(26)21-17(3)27-22(24-21)18-8-5-4-6-9-18/h4-6,8-9,11-12,14,20H,7,10,13H2,1-3H3. The van der Waals surface area contributed by atoms with Crippen molar-refractivity contribution < 1.29 is 9.21 Å². The summed E-state index contributed by atoms with van der Waals surface area (Å²) < 4.78 is 5.80. The molecular weight excluding hydrogens is 336 g/mol. The van der Waals surface area contributed by atoms with Crippen LogP contribution in [0.25, 0.3) is 11.5 Å². The lowest BCUT2D eigenvalue weighted by Gasteiger charge is -2.25. The highest BCUT2D eigenvalue weighted by Gasteiger charge is 2.33. The van der Waals surface area contributed by atoms with Crippen LogP contribution in [0.5, 0.6) is 0 Å². The topological polar surface area (TPSA) is 46.3 Å². The van der Waals surface area contributed by atoms with Crippen molar-refractivity contribution in [2.24, 2.45) is 0 Å².